The SMILES string of the molecule is COc1ccc(CC(=O)Nc2ccc(-n3ccnc3)cc2)cc1F. The van der Waals surface area contributed by atoms with E-state index in [1.54, 1.807) is 18.6 Å². The fourth-order valence-electron chi connectivity index (χ4n) is 2.34. The van der Waals surface area contributed by atoms with Gasteiger partial charge in [0.2, 0.25) is 5.91 Å². The maximum Gasteiger partial charge on any atom is 0.228 e. The van der Waals surface area contributed by atoms with E-state index in [4.69, 9.17) is 4.74 Å². The number of methoxy groups -OCH3 is 1. The fourth-order valence-corrected chi connectivity index (χ4v) is 2.34. The van der Waals surface area contributed by atoms with Gasteiger partial charge in [-0.15, -0.1) is 0 Å². The third-order valence-electron chi connectivity index (χ3n) is 3.53. The molecule has 1 N–H and O–H groups in total. The summed E-state index contributed by atoms with van der Waals surface area (Å²) >= 11 is 0. The summed E-state index contributed by atoms with van der Waals surface area (Å²) in [7, 11) is 1.40. The van der Waals surface area contributed by atoms with Gasteiger partial charge in [0.05, 0.1) is 19.9 Å². The van der Waals surface area contributed by atoms with Crippen molar-refractivity contribution < 1.29 is 13.9 Å². The predicted molar refractivity (Wildman–Crippen MR) is 88.8 cm³/mol. The first kappa shape index (κ1) is 15.7. The molecule has 6 heteroatoms. The van der Waals surface area contributed by atoms with E-state index in [1.165, 1.54) is 19.2 Å². The van der Waals surface area contributed by atoms with Crippen molar-refractivity contribution in [1.82, 2.24) is 9.55 Å². The minimum absolute atomic E-state index is 0.0875. The summed E-state index contributed by atoms with van der Waals surface area (Å²) in [4.78, 5) is 16.1. The van der Waals surface area contributed by atoms with Gasteiger partial charge >= 0.3 is 0 Å². The highest BCUT2D eigenvalue weighted by atomic mass is 19.1. The minimum Gasteiger partial charge on any atom is -0.494 e. The largest absolute Gasteiger partial charge is 0.494 e. The number of imidazole rings is 1. The Morgan fingerprint density at radius 2 is 2.04 bits per heavy atom. The molecule has 0 unspecified atom stereocenters. The molecule has 5 nitrogen and oxygen atoms in total. The lowest BCUT2D eigenvalue weighted by molar-refractivity contribution is -0.115. The molecule has 0 bridgehead atoms. The number of carbonyl (C=O) groups is 1. The van der Waals surface area contributed by atoms with Crippen LogP contribution >= 0.6 is 0 Å². The number of anilines is 1. The van der Waals surface area contributed by atoms with Crippen LogP contribution in [0.5, 0.6) is 5.75 Å². The van der Waals surface area contributed by atoms with Crippen LogP contribution in [0.2, 0.25) is 0 Å². The Bertz CT molecular complexity index is 830. The van der Waals surface area contributed by atoms with Crippen LogP contribution in [0.3, 0.4) is 0 Å². The molecule has 3 aromatic rings. The number of aromatic nitrogens is 2. The van der Waals surface area contributed by atoms with Crippen molar-refractivity contribution in [3.05, 3.63) is 72.6 Å². The number of ether oxygens (including phenoxy) is 1. The molecule has 0 aliphatic rings. The Balaban J connectivity index is 1.63. The third-order valence-corrected chi connectivity index (χ3v) is 3.53. The zero-order valence-electron chi connectivity index (χ0n) is 13.1. The monoisotopic (exact) mass is 325 g/mol. The van der Waals surface area contributed by atoms with E-state index in [2.05, 4.69) is 10.3 Å². The number of nitrogens with one attached hydrogen (secondary N) is 1. The summed E-state index contributed by atoms with van der Waals surface area (Å²) in [5.74, 6) is -0.531. The van der Waals surface area contributed by atoms with Gasteiger partial charge in [-0.2, -0.15) is 0 Å². The maximum atomic E-state index is 13.6. The van der Waals surface area contributed by atoms with Crippen molar-refractivity contribution in [2.24, 2.45) is 0 Å². The number of hydrogen-bond donors (Lipinski definition) is 1. The highest BCUT2D eigenvalue weighted by Crippen LogP contribution is 2.18. The highest BCUT2D eigenvalue weighted by Gasteiger charge is 2.08. The molecule has 0 atom stereocenters. The van der Waals surface area contributed by atoms with Gasteiger partial charge in [0.15, 0.2) is 11.6 Å². The van der Waals surface area contributed by atoms with Gasteiger partial charge in [-0.05, 0) is 42.0 Å². The van der Waals surface area contributed by atoms with E-state index >= 15 is 0 Å². The molecule has 122 valence electrons. The quantitative estimate of drug-likeness (QED) is 0.784. The summed E-state index contributed by atoms with van der Waals surface area (Å²) in [6, 6.07) is 11.9. The summed E-state index contributed by atoms with van der Waals surface area (Å²) in [6.45, 7) is 0. The number of halogens is 1. The van der Waals surface area contributed by atoms with Crippen LogP contribution in [0.25, 0.3) is 5.69 Å². The van der Waals surface area contributed by atoms with Crippen LogP contribution in [-0.2, 0) is 11.2 Å². The lowest BCUT2D eigenvalue weighted by Gasteiger charge is -2.08. The van der Waals surface area contributed by atoms with E-state index < -0.39 is 5.82 Å². The summed E-state index contributed by atoms with van der Waals surface area (Å²) < 4.78 is 20.4. The van der Waals surface area contributed by atoms with E-state index in [-0.39, 0.29) is 18.1 Å². The molecule has 0 saturated carbocycles. The molecule has 0 saturated heterocycles. The molecule has 2 aromatic carbocycles. The summed E-state index contributed by atoms with van der Waals surface area (Å²) in [5.41, 5.74) is 2.21. The first-order valence-corrected chi connectivity index (χ1v) is 7.36. The van der Waals surface area contributed by atoms with Crippen molar-refractivity contribution >= 4 is 11.6 Å². The van der Waals surface area contributed by atoms with Crippen molar-refractivity contribution in [3.8, 4) is 11.4 Å². The minimum atomic E-state index is -0.479. The third kappa shape index (κ3) is 3.60. The molecule has 0 spiro atoms. The van der Waals surface area contributed by atoms with Crippen LogP contribution in [0, 0.1) is 5.82 Å². The fraction of sp³-hybridized carbons (Fsp3) is 0.111. The number of carbonyl (C=O) groups excluding carboxylic acids is 1. The number of amides is 1. The van der Waals surface area contributed by atoms with Gasteiger partial charge < -0.3 is 14.6 Å². The molecule has 0 radical (unpaired) electrons. The first-order chi connectivity index (χ1) is 11.7. The predicted octanol–water partition coefficient (Wildman–Crippen LogP) is 3.20. The standard InChI is InChI=1S/C18H16FN3O2/c1-24-17-7-2-13(10-16(17)19)11-18(23)21-14-3-5-15(6-4-14)22-9-8-20-12-22/h2-10,12H,11H2,1H3,(H,21,23). The molecule has 1 heterocycles. The van der Waals surface area contributed by atoms with Crippen molar-refractivity contribution in [2.75, 3.05) is 12.4 Å². The molecular formula is C18H16FN3O2. The lowest BCUT2D eigenvalue weighted by atomic mass is 10.1. The summed E-state index contributed by atoms with van der Waals surface area (Å²) in [5, 5.41) is 2.79. The zero-order chi connectivity index (χ0) is 16.9. The van der Waals surface area contributed by atoms with Crippen LogP contribution in [0.15, 0.2) is 61.2 Å². The second kappa shape index (κ2) is 6.95. The van der Waals surface area contributed by atoms with Crippen LogP contribution in [-0.4, -0.2) is 22.6 Å². The lowest BCUT2D eigenvalue weighted by Crippen LogP contribution is -2.14. The molecule has 1 aromatic heterocycles. The number of hydrogen-bond acceptors (Lipinski definition) is 3. The Hall–Kier alpha value is -3.15. The highest BCUT2D eigenvalue weighted by molar-refractivity contribution is 5.92. The van der Waals surface area contributed by atoms with Gasteiger partial charge in [-0.1, -0.05) is 6.07 Å². The van der Waals surface area contributed by atoms with Crippen LogP contribution in [0.4, 0.5) is 10.1 Å². The number of nitrogens with zero attached hydrogens (tertiary/aromatic N) is 2. The maximum absolute atomic E-state index is 13.6. The second-order valence-corrected chi connectivity index (χ2v) is 5.21. The van der Waals surface area contributed by atoms with Gasteiger partial charge in [-0.25, -0.2) is 9.37 Å². The van der Waals surface area contributed by atoms with E-state index in [1.807, 2.05) is 35.0 Å². The van der Waals surface area contributed by atoms with Crippen molar-refractivity contribution in [2.45, 2.75) is 6.42 Å². The Morgan fingerprint density at radius 1 is 1.25 bits per heavy atom. The number of benzene rings is 2. The first-order valence-electron chi connectivity index (χ1n) is 7.36. The molecule has 0 fully saturated rings. The topological polar surface area (TPSA) is 56.1 Å². The Morgan fingerprint density at radius 3 is 2.67 bits per heavy atom. The average molecular weight is 325 g/mol. The van der Waals surface area contributed by atoms with Gasteiger partial charge in [0.25, 0.3) is 0 Å². The van der Waals surface area contributed by atoms with Crippen molar-refractivity contribution in [1.29, 1.82) is 0 Å². The van der Waals surface area contributed by atoms with Crippen LogP contribution < -0.4 is 10.1 Å². The summed E-state index contributed by atoms with van der Waals surface area (Å²) in [6.07, 6.45) is 5.32. The zero-order valence-corrected chi connectivity index (χ0v) is 13.1. The average Bonchev–Trinajstić information content (AvgIpc) is 3.10. The van der Waals surface area contributed by atoms with Crippen LogP contribution in [0.1, 0.15) is 5.56 Å². The Labute approximate surface area is 138 Å². The molecule has 24 heavy (non-hydrogen) atoms. The molecule has 0 aliphatic carbocycles. The van der Waals surface area contributed by atoms with Gasteiger partial charge in [0, 0.05) is 23.8 Å². The normalized spacial score (nSPS) is 10.4. The van der Waals surface area contributed by atoms with E-state index in [9.17, 15) is 9.18 Å². The Kier molecular flexibility index (Phi) is 4.56. The van der Waals surface area contributed by atoms with Crippen molar-refractivity contribution in [3.63, 3.8) is 0 Å². The van der Waals surface area contributed by atoms with Gasteiger partial charge in [-0.3, -0.25) is 4.79 Å². The number of rotatable bonds is 5. The second-order valence-electron chi connectivity index (χ2n) is 5.21. The molecule has 3 rings (SSSR count). The molecule has 0 aliphatic heterocycles. The molecular weight excluding hydrogens is 309 g/mol. The van der Waals surface area contributed by atoms with E-state index in [0.717, 1.165) is 5.69 Å². The smallest absolute Gasteiger partial charge is 0.228 e. The van der Waals surface area contributed by atoms with Gasteiger partial charge in [0.1, 0.15) is 0 Å². The molecule has 1 amide bonds. The van der Waals surface area contributed by atoms with E-state index in [0.29, 0.717) is 11.3 Å².